The lowest BCUT2D eigenvalue weighted by Crippen LogP contribution is -2.54. The molecule has 1 atom stereocenters. The summed E-state index contributed by atoms with van der Waals surface area (Å²) in [5, 5.41) is 3.08. The number of benzene rings is 2. The van der Waals surface area contributed by atoms with Crippen molar-refractivity contribution >= 4 is 27.5 Å². The first kappa shape index (κ1) is 28.6. The average Bonchev–Trinajstić information content (AvgIpc) is 2.84. The van der Waals surface area contributed by atoms with Crippen molar-refractivity contribution < 1.29 is 26.8 Å². The van der Waals surface area contributed by atoms with E-state index in [1.807, 2.05) is 31.2 Å². The number of nitrogens with zero attached hydrogens (tertiary/aromatic N) is 2. The van der Waals surface area contributed by atoms with Crippen molar-refractivity contribution in [3.05, 3.63) is 65.2 Å². The van der Waals surface area contributed by atoms with E-state index in [1.165, 1.54) is 4.90 Å². The van der Waals surface area contributed by atoms with Crippen molar-refractivity contribution in [1.82, 2.24) is 10.2 Å². The maximum atomic E-state index is 13.9. The van der Waals surface area contributed by atoms with Crippen LogP contribution in [-0.4, -0.2) is 50.0 Å². The predicted molar refractivity (Wildman–Crippen MR) is 139 cm³/mol. The number of halogens is 2. The van der Waals surface area contributed by atoms with E-state index in [-0.39, 0.29) is 24.2 Å². The van der Waals surface area contributed by atoms with Gasteiger partial charge in [0, 0.05) is 18.7 Å². The van der Waals surface area contributed by atoms with Gasteiger partial charge in [-0.1, -0.05) is 56.0 Å². The standard InChI is InChI=1S/C27H35F2N3O4S/c1-4-25(27(34)30-21-11-6-5-7-12-21)31(17-20-10-8-9-19(2)15-20)26(33)18-32(37(3,35)36)22-13-14-23(28)24(29)16-22/h8-10,13-16,21,25H,4-7,11-12,17-18H2,1-3H3,(H,30,34)/t25-/m1/s1. The fourth-order valence-corrected chi connectivity index (χ4v) is 5.57. The Hall–Kier alpha value is -3.01. The third kappa shape index (κ3) is 7.74. The molecule has 1 aliphatic carbocycles. The van der Waals surface area contributed by atoms with Crippen LogP contribution >= 0.6 is 0 Å². The monoisotopic (exact) mass is 535 g/mol. The summed E-state index contributed by atoms with van der Waals surface area (Å²) in [6.45, 7) is 3.14. The van der Waals surface area contributed by atoms with Gasteiger partial charge in [0.15, 0.2) is 11.6 Å². The highest BCUT2D eigenvalue weighted by Crippen LogP contribution is 2.23. The number of carbonyl (C=O) groups is 2. The first-order chi connectivity index (χ1) is 17.5. The molecule has 0 aromatic heterocycles. The minimum Gasteiger partial charge on any atom is -0.352 e. The number of anilines is 1. The van der Waals surface area contributed by atoms with Crippen molar-refractivity contribution in [3.8, 4) is 0 Å². The van der Waals surface area contributed by atoms with Gasteiger partial charge in [-0.2, -0.15) is 0 Å². The van der Waals surface area contributed by atoms with E-state index in [0.29, 0.717) is 6.42 Å². The lowest BCUT2D eigenvalue weighted by molar-refractivity contribution is -0.140. The van der Waals surface area contributed by atoms with Crippen molar-refractivity contribution in [2.45, 2.75) is 71.0 Å². The molecule has 202 valence electrons. The number of rotatable bonds is 10. The van der Waals surface area contributed by atoms with Crippen molar-refractivity contribution in [3.63, 3.8) is 0 Å². The van der Waals surface area contributed by atoms with Gasteiger partial charge in [-0.25, -0.2) is 17.2 Å². The molecule has 0 unspecified atom stereocenters. The molecule has 2 aromatic rings. The zero-order chi connectivity index (χ0) is 27.2. The summed E-state index contributed by atoms with van der Waals surface area (Å²) in [6, 6.07) is 9.36. The Morgan fingerprint density at radius 2 is 1.76 bits per heavy atom. The molecule has 0 bridgehead atoms. The van der Waals surface area contributed by atoms with E-state index >= 15 is 0 Å². The Balaban J connectivity index is 1.93. The molecule has 0 radical (unpaired) electrons. The number of sulfonamides is 1. The largest absolute Gasteiger partial charge is 0.352 e. The van der Waals surface area contributed by atoms with Crippen LogP contribution in [-0.2, 0) is 26.2 Å². The van der Waals surface area contributed by atoms with E-state index in [0.717, 1.165) is 72.0 Å². The van der Waals surface area contributed by atoms with E-state index in [1.54, 1.807) is 6.92 Å². The molecule has 2 aromatic carbocycles. The van der Waals surface area contributed by atoms with Crippen molar-refractivity contribution in [1.29, 1.82) is 0 Å². The SMILES string of the molecule is CC[C@H](C(=O)NC1CCCCC1)N(Cc1cccc(C)c1)C(=O)CN(c1ccc(F)c(F)c1)S(C)(=O)=O. The van der Waals surface area contributed by atoms with Crippen LogP contribution in [0.3, 0.4) is 0 Å². The van der Waals surface area contributed by atoms with E-state index in [2.05, 4.69) is 5.32 Å². The lowest BCUT2D eigenvalue weighted by atomic mass is 9.95. The molecule has 0 spiro atoms. The summed E-state index contributed by atoms with van der Waals surface area (Å²) in [7, 11) is -4.03. The predicted octanol–water partition coefficient (Wildman–Crippen LogP) is 4.30. The van der Waals surface area contributed by atoms with Crippen LogP contribution < -0.4 is 9.62 Å². The molecule has 0 heterocycles. The van der Waals surface area contributed by atoms with Crippen molar-refractivity contribution in [2.24, 2.45) is 0 Å². The second kappa shape index (κ2) is 12.5. The van der Waals surface area contributed by atoms with Crippen LogP contribution in [0.5, 0.6) is 0 Å². The molecular formula is C27H35F2N3O4S. The molecule has 0 saturated heterocycles. The van der Waals surface area contributed by atoms with Gasteiger partial charge in [0.2, 0.25) is 21.8 Å². The zero-order valence-corrected chi connectivity index (χ0v) is 22.4. The zero-order valence-electron chi connectivity index (χ0n) is 21.5. The van der Waals surface area contributed by atoms with Crippen LogP contribution in [0.2, 0.25) is 0 Å². The summed E-state index contributed by atoms with van der Waals surface area (Å²) in [6.07, 6.45) is 6.17. The molecule has 2 amide bonds. The summed E-state index contributed by atoms with van der Waals surface area (Å²) < 4.78 is 53.3. The maximum Gasteiger partial charge on any atom is 0.244 e. The first-order valence-electron chi connectivity index (χ1n) is 12.6. The van der Waals surface area contributed by atoms with E-state index < -0.39 is 40.2 Å². The molecule has 1 aliphatic rings. The number of aryl methyl sites for hydroxylation is 1. The molecule has 3 rings (SSSR count). The normalized spacial score (nSPS) is 15.2. The summed E-state index contributed by atoms with van der Waals surface area (Å²) in [5.41, 5.74) is 1.59. The molecule has 7 nitrogen and oxygen atoms in total. The van der Waals surface area contributed by atoms with Gasteiger partial charge in [-0.05, 0) is 43.9 Å². The van der Waals surface area contributed by atoms with Crippen LogP contribution in [0.25, 0.3) is 0 Å². The quantitative estimate of drug-likeness (QED) is 0.492. The Kier molecular flexibility index (Phi) is 9.64. The third-order valence-electron chi connectivity index (χ3n) is 6.64. The fraction of sp³-hybridized carbons (Fsp3) is 0.481. The number of hydrogen-bond acceptors (Lipinski definition) is 4. The van der Waals surface area contributed by atoms with Gasteiger partial charge in [-0.15, -0.1) is 0 Å². The maximum absolute atomic E-state index is 13.9. The minimum atomic E-state index is -4.03. The van der Waals surface area contributed by atoms with E-state index in [9.17, 15) is 26.8 Å². The highest BCUT2D eigenvalue weighted by atomic mass is 32.2. The van der Waals surface area contributed by atoms with Crippen LogP contribution in [0, 0.1) is 18.6 Å². The second-order valence-corrected chi connectivity index (χ2v) is 11.6. The fourth-order valence-electron chi connectivity index (χ4n) is 4.72. The number of nitrogens with one attached hydrogen (secondary N) is 1. The van der Waals surface area contributed by atoms with Gasteiger partial charge in [0.1, 0.15) is 12.6 Å². The van der Waals surface area contributed by atoms with Crippen LogP contribution in [0.4, 0.5) is 14.5 Å². The molecule has 37 heavy (non-hydrogen) atoms. The van der Waals surface area contributed by atoms with Gasteiger partial charge in [0.05, 0.1) is 11.9 Å². The second-order valence-electron chi connectivity index (χ2n) is 9.65. The minimum absolute atomic E-state index is 0.0425. The molecule has 1 fully saturated rings. The molecular weight excluding hydrogens is 500 g/mol. The first-order valence-corrected chi connectivity index (χ1v) is 14.4. The Bertz CT molecular complexity index is 1220. The van der Waals surface area contributed by atoms with Gasteiger partial charge >= 0.3 is 0 Å². The third-order valence-corrected chi connectivity index (χ3v) is 7.78. The van der Waals surface area contributed by atoms with E-state index in [4.69, 9.17) is 0 Å². The van der Waals surface area contributed by atoms with Crippen molar-refractivity contribution in [2.75, 3.05) is 17.1 Å². The topological polar surface area (TPSA) is 86.8 Å². The highest BCUT2D eigenvalue weighted by Gasteiger charge is 2.33. The molecule has 10 heteroatoms. The van der Waals surface area contributed by atoms with Gasteiger partial charge < -0.3 is 10.2 Å². The number of carbonyl (C=O) groups excluding carboxylic acids is 2. The molecule has 1 N–H and O–H groups in total. The Labute approximate surface area is 217 Å². The average molecular weight is 536 g/mol. The summed E-state index contributed by atoms with van der Waals surface area (Å²) in [5.74, 6) is -3.26. The van der Waals surface area contributed by atoms with Gasteiger partial charge in [0.25, 0.3) is 0 Å². The summed E-state index contributed by atoms with van der Waals surface area (Å²) >= 11 is 0. The van der Waals surface area contributed by atoms with Gasteiger partial charge in [-0.3, -0.25) is 13.9 Å². The molecule has 1 saturated carbocycles. The van der Waals surface area contributed by atoms with Crippen LogP contribution in [0.15, 0.2) is 42.5 Å². The smallest absolute Gasteiger partial charge is 0.244 e. The molecule has 0 aliphatic heterocycles. The summed E-state index contributed by atoms with van der Waals surface area (Å²) in [4.78, 5) is 28.4. The number of hydrogen-bond donors (Lipinski definition) is 1. The Morgan fingerprint density at radius 3 is 2.35 bits per heavy atom. The lowest BCUT2D eigenvalue weighted by Gasteiger charge is -2.34. The van der Waals surface area contributed by atoms with Crippen LogP contribution in [0.1, 0.15) is 56.6 Å². The number of amides is 2. The Morgan fingerprint density at radius 1 is 1.05 bits per heavy atom. The highest BCUT2D eigenvalue weighted by molar-refractivity contribution is 7.92.